The first-order valence-electron chi connectivity index (χ1n) is 13.9. The third kappa shape index (κ3) is 7.82. The minimum atomic E-state index is -0.643. The smallest absolute Gasteiger partial charge is 0.286 e. The molecule has 1 saturated heterocycles. The summed E-state index contributed by atoms with van der Waals surface area (Å²) in [6.45, 7) is 5.74. The van der Waals surface area contributed by atoms with E-state index in [4.69, 9.17) is 28.5 Å². The number of amides is 2. The number of carbonyl (C=O) groups is 2. The molecule has 3 atom stereocenters. The molecule has 1 aromatic heterocycles. The van der Waals surface area contributed by atoms with Crippen LogP contribution in [0.5, 0.6) is 0 Å². The fraction of sp³-hybridized carbons (Fsp3) is 0.586. The number of hydrogen-bond acceptors (Lipinski definition) is 8. The van der Waals surface area contributed by atoms with Gasteiger partial charge in [-0.3, -0.25) is 9.59 Å². The number of hydrogen-bond donors (Lipinski definition) is 2. The summed E-state index contributed by atoms with van der Waals surface area (Å²) in [5.74, 6) is -0.225. The Morgan fingerprint density at radius 2 is 2.00 bits per heavy atom. The molecule has 2 aliphatic heterocycles. The van der Waals surface area contributed by atoms with Gasteiger partial charge in [0.2, 0.25) is 12.2 Å². The highest BCUT2D eigenvalue weighted by molar-refractivity contribution is 5.92. The maximum atomic E-state index is 13.2. The van der Waals surface area contributed by atoms with Crippen LogP contribution in [0.15, 0.2) is 46.8 Å². The standard InChI is InChI=1S/C29H40N2O8/c1-2-37-29-22(10-15-35-17-18-36-16-14-32)23(24-20-38-25-8-4-3-7-21(24)25)19-26(39-29)28(34)30-11-6-13-31-12-5-9-27(31)33/h3-4,7-8,19-20,22-23,29,32H,2,5-6,9-18H2,1H3,(H,30,34)/t22-,23+,29-/m1/s1. The van der Waals surface area contributed by atoms with Gasteiger partial charge in [-0.15, -0.1) is 0 Å². The van der Waals surface area contributed by atoms with Crippen molar-refractivity contribution >= 4 is 22.8 Å². The number of benzene rings is 1. The highest BCUT2D eigenvalue weighted by Crippen LogP contribution is 2.41. The zero-order valence-electron chi connectivity index (χ0n) is 22.6. The van der Waals surface area contributed by atoms with Crippen LogP contribution in [0, 0.1) is 5.92 Å². The summed E-state index contributed by atoms with van der Waals surface area (Å²) >= 11 is 0. The lowest BCUT2D eigenvalue weighted by molar-refractivity contribution is -0.168. The maximum absolute atomic E-state index is 13.2. The van der Waals surface area contributed by atoms with Gasteiger partial charge in [0.15, 0.2) is 5.76 Å². The molecular formula is C29H40N2O8. The van der Waals surface area contributed by atoms with Crippen molar-refractivity contribution in [1.29, 1.82) is 0 Å². The van der Waals surface area contributed by atoms with Gasteiger partial charge in [0.25, 0.3) is 5.91 Å². The molecule has 2 aromatic rings. The predicted molar refractivity (Wildman–Crippen MR) is 144 cm³/mol. The minimum absolute atomic E-state index is 0.0177. The zero-order valence-corrected chi connectivity index (χ0v) is 22.6. The topological polar surface area (TPSA) is 120 Å². The molecule has 0 spiro atoms. The first kappa shape index (κ1) is 29.1. The van der Waals surface area contributed by atoms with E-state index >= 15 is 0 Å². The molecule has 4 rings (SSSR count). The van der Waals surface area contributed by atoms with E-state index in [1.165, 1.54) is 0 Å². The van der Waals surface area contributed by atoms with E-state index in [0.717, 1.165) is 29.5 Å². The molecule has 214 valence electrons. The first-order valence-corrected chi connectivity index (χ1v) is 13.9. The minimum Gasteiger partial charge on any atom is -0.464 e. The summed E-state index contributed by atoms with van der Waals surface area (Å²) in [6, 6.07) is 7.83. The molecular weight excluding hydrogens is 504 g/mol. The van der Waals surface area contributed by atoms with Crippen molar-refractivity contribution < 1.29 is 38.1 Å². The van der Waals surface area contributed by atoms with Crippen LogP contribution in [0.3, 0.4) is 0 Å². The number of fused-ring (bicyclic) bond motifs is 1. The van der Waals surface area contributed by atoms with E-state index in [1.807, 2.05) is 42.2 Å². The summed E-state index contributed by atoms with van der Waals surface area (Å²) in [6.07, 6.45) is 5.79. The molecule has 0 unspecified atom stereocenters. The Kier molecular flexibility index (Phi) is 11.2. The SMILES string of the molecule is CCO[C@@H]1OC(C(=O)NCCCN2CCCC2=O)=C[C@H](c2coc3ccccc23)[C@H]1CCOCCOCCO. The molecule has 1 aromatic carbocycles. The number of allylic oxidation sites excluding steroid dienone is 1. The van der Waals surface area contributed by atoms with Gasteiger partial charge in [-0.25, -0.2) is 0 Å². The van der Waals surface area contributed by atoms with E-state index in [9.17, 15) is 9.59 Å². The highest BCUT2D eigenvalue weighted by Gasteiger charge is 2.39. The van der Waals surface area contributed by atoms with Crippen molar-refractivity contribution in [2.24, 2.45) is 5.92 Å². The number of furan rings is 1. The van der Waals surface area contributed by atoms with Crippen LogP contribution in [0.1, 0.15) is 44.1 Å². The Morgan fingerprint density at radius 3 is 2.77 bits per heavy atom. The van der Waals surface area contributed by atoms with Crippen LogP contribution in [-0.2, 0) is 28.5 Å². The molecule has 2 aliphatic rings. The molecule has 10 heteroatoms. The number of aliphatic hydroxyl groups excluding tert-OH is 1. The summed E-state index contributed by atoms with van der Waals surface area (Å²) in [4.78, 5) is 26.8. The van der Waals surface area contributed by atoms with Gasteiger partial charge in [-0.05, 0) is 38.3 Å². The van der Waals surface area contributed by atoms with Gasteiger partial charge >= 0.3 is 0 Å². The third-order valence-electron chi connectivity index (χ3n) is 7.07. The lowest BCUT2D eigenvalue weighted by atomic mass is 9.81. The lowest BCUT2D eigenvalue weighted by Gasteiger charge is -2.36. The average Bonchev–Trinajstić information content (AvgIpc) is 3.56. The van der Waals surface area contributed by atoms with E-state index in [0.29, 0.717) is 58.8 Å². The summed E-state index contributed by atoms with van der Waals surface area (Å²) in [7, 11) is 0. The fourth-order valence-corrected chi connectivity index (χ4v) is 5.16. The van der Waals surface area contributed by atoms with Gasteiger partial charge in [0.05, 0.1) is 32.7 Å². The molecule has 1 fully saturated rings. The average molecular weight is 545 g/mol. The fourth-order valence-electron chi connectivity index (χ4n) is 5.16. The van der Waals surface area contributed by atoms with Crippen molar-refractivity contribution in [3.05, 3.63) is 47.9 Å². The van der Waals surface area contributed by atoms with E-state index < -0.39 is 6.29 Å². The molecule has 0 bridgehead atoms. The van der Waals surface area contributed by atoms with E-state index in [-0.39, 0.29) is 42.6 Å². The molecule has 0 radical (unpaired) electrons. The van der Waals surface area contributed by atoms with Gasteiger partial charge in [0, 0.05) is 62.1 Å². The Morgan fingerprint density at radius 1 is 1.18 bits per heavy atom. The Labute approximate surface area is 229 Å². The Bertz CT molecular complexity index is 1100. The summed E-state index contributed by atoms with van der Waals surface area (Å²) in [5.41, 5.74) is 1.74. The Hall–Kier alpha value is -2.92. The highest BCUT2D eigenvalue weighted by atomic mass is 16.7. The number of nitrogens with one attached hydrogen (secondary N) is 1. The molecule has 2 N–H and O–H groups in total. The monoisotopic (exact) mass is 544 g/mol. The van der Waals surface area contributed by atoms with Crippen LogP contribution in [0.25, 0.3) is 11.0 Å². The second kappa shape index (κ2) is 15.0. The molecule has 10 nitrogen and oxygen atoms in total. The van der Waals surface area contributed by atoms with Crippen molar-refractivity contribution in [2.75, 3.05) is 59.3 Å². The number of aliphatic hydroxyl groups is 1. The number of ether oxygens (including phenoxy) is 4. The number of likely N-dealkylation sites (tertiary alicyclic amines) is 1. The van der Waals surface area contributed by atoms with Crippen molar-refractivity contribution in [3.63, 3.8) is 0 Å². The molecule has 0 aliphatic carbocycles. The number of rotatable bonds is 16. The second-order valence-electron chi connectivity index (χ2n) is 9.68. The van der Waals surface area contributed by atoms with Gasteiger partial charge in [-0.1, -0.05) is 18.2 Å². The second-order valence-corrected chi connectivity index (χ2v) is 9.68. The van der Waals surface area contributed by atoms with Gasteiger partial charge in [0.1, 0.15) is 5.58 Å². The quantitative estimate of drug-likeness (QED) is 0.310. The van der Waals surface area contributed by atoms with E-state index in [2.05, 4.69) is 5.32 Å². The van der Waals surface area contributed by atoms with Crippen LogP contribution in [-0.4, -0.2) is 87.4 Å². The number of nitrogens with zero attached hydrogens (tertiary/aromatic N) is 1. The van der Waals surface area contributed by atoms with Crippen molar-refractivity contribution in [1.82, 2.24) is 10.2 Å². The van der Waals surface area contributed by atoms with Crippen LogP contribution in [0.2, 0.25) is 0 Å². The largest absolute Gasteiger partial charge is 0.464 e. The van der Waals surface area contributed by atoms with Crippen molar-refractivity contribution in [2.45, 2.75) is 44.8 Å². The molecule has 0 saturated carbocycles. The molecule has 2 amide bonds. The summed E-state index contributed by atoms with van der Waals surface area (Å²) in [5, 5.41) is 12.8. The molecule has 39 heavy (non-hydrogen) atoms. The maximum Gasteiger partial charge on any atom is 0.286 e. The predicted octanol–water partition coefficient (Wildman–Crippen LogP) is 2.95. The number of para-hydroxylation sites is 1. The zero-order chi connectivity index (χ0) is 27.5. The van der Waals surface area contributed by atoms with Gasteiger partial charge in [-0.2, -0.15) is 0 Å². The number of carbonyl (C=O) groups excluding carboxylic acids is 2. The van der Waals surface area contributed by atoms with Crippen LogP contribution in [0.4, 0.5) is 0 Å². The Balaban J connectivity index is 1.46. The van der Waals surface area contributed by atoms with Crippen LogP contribution >= 0.6 is 0 Å². The normalized spacial score (nSPS) is 21.3. The van der Waals surface area contributed by atoms with Crippen molar-refractivity contribution in [3.8, 4) is 0 Å². The van der Waals surface area contributed by atoms with Crippen LogP contribution < -0.4 is 5.32 Å². The summed E-state index contributed by atoms with van der Waals surface area (Å²) < 4.78 is 29.0. The van der Waals surface area contributed by atoms with Gasteiger partial charge < -0.3 is 38.7 Å². The third-order valence-corrected chi connectivity index (χ3v) is 7.07. The molecule has 3 heterocycles. The first-order chi connectivity index (χ1) is 19.1. The lowest BCUT2D eigenvalue weighted by Crippen LogP contribution is -2.40. The van der Waals surface area contributed by atoms with E-state index in [1.54, 1.807) is 6.26 Å².